The molecule has 0 radical (unpaired) electrons. The van der Waals surface area contributed by atoms with E-state index < -0.39 is 0 Å². The number of imide groups is 1. The molecule has 0 saturated carbocycles. The summed E-state index contributed by atoms with van der Waals surface area (Å²) in [6, 6.07) is 13.1. The number of hydrogen-bond donors (Lipinski definition) is 1. The van der Waals surface area contributed by atoms with Crippen molar-refractivity contribution in [3.8, 4) is 5.75 Å². The number of fused-ring (bicyclic) bond motifs is 1. The SMILES string of the molecule is CC.COc1ccc2[nH]cc(CCN(C=O)C(=O)c3ccccc3C)c2c1. The number of ether oxygens (including phenoxy) is 1. The minimum absolute atomic E-state index is 0.273. The number of nitrogens with one attached hydrogen (secondary N) is 1. The zero-order valence-electron chi connectivity index (χ0n) is 16.3. The third-order valence-electron chi connectivity index (χ3n) is 4.36. The molecule has 142 valence electrons. The van der Waals surface area contributed by atoms with Crippen molar-refractivity contribution in [2.75, 3.05) is 13.7 Å². The Morgan fingerprint density at radius 1 is 1.19 bits per heavy atom. The summed E-state index contributed by atoms with van der Waals surface area (Å²) in [6.07, 6.45) is 3.08. The van der Waals surface area contributed by atoms with E-state index in [2.05, 4.69) is 4.98 Å². The minimum atomic E-state index is -0.273. The van der Waals surface area contributed by atoms with Crippen LogP contribution in [0, 0.1) is 6.92 Å². The maximum Gasteiger partial charge on any atom is 0.260 e. The van der Waals surface area contributed by atoms with E-state index in [1.165, 1.54) is 4.90 Å². The Hall–Kier alpha value is -3.08. The Morgan fingerprint density at radius 3 is 2.59 bits per heavy atom. The number of aryl methyl sites for hydroxylation is 1. The van der Waals surface area contributed by atoms with Crippen LogP contribution in [0.5, 0.6) is 5.75 Å². The lowest BCUT2D eigenvalue weighted by Gasteiger charge is -2.16. The van der Waals surface area contributed by atoms with E-state index in [1.807, 2.05) is 57.3 Å². The van der Waals surface area contributed by atoms with E-state index in [0.717, 1.165) is 27.8 Å². The summed E-state index contributed by atoms with van der Waals surface area (Å²) in [4.78, 5) is 28.4. The normalized spacial score (nSPS) is 10.1. The van der Waals surface area contributed by atoms with E-state index in [0.29, 0.717) is 24.9 Å². The summed E-state index contributed by atoms with van der Waals surface area (Å²) >= 11 is 0. The largest absolute Gasteiger partial charge is 0.497 e. The van der Waals surface area contributed by atoms with E-state index in [9.17, 15) is 9.59 Å². The lowest BCUT2D eigenvalue weighted by atomic mass is 10.1. The Bertz CT molecular complexity index is 915. The Labute approximate surface area is 160 Å². The third kappa shape index (κ3) is 4.56. The molecule has 0 aliphatic carbocycles. The van der Waals surface area contributed by atoms with Crippen molar-refractivity contribution in [1.29, 1.82) is 0 Å². The number of H-pyrrole nitrogens is 1. The summed E-state index contributed by atoms with van der Waals surface area (Å²) in [6.45, 7) is 6.18. The second-order valence-corrected chi connectivity index (χ2v) is 5.89. The highest BCUT2D eigenvalue weighted by Crippen LogP contribution is 2.24. The molecule has 0 bridgehead atoms. The van der Waals surface area contributed by atoms with E-state index in [1.54, 1.807) is 19.2 Å². The van der Waals surface area contributed by atoms with Gasteiger partial charge in [-0.3, -0.25) is 14.5 Å². The molecule has 1 N–H and O–H groups in total. The third-order valence-corrected chi connectivity index (χ3v) is 4.36. The standard InChI is InChI=1S/C20H20N2O3.C2H6/c1-14-5-3-4-6-17(14)20(24)22(13-23)10-9-15-12-21-19-8-7-16(25-2)11-18(15)19;1-2/h3-8,11-13,21H,9-10H2,1-2H3;1-2H3. The maximum atomic E-state index is 12.6. The van der Waals surface area contributed by atoms with Gasteiger partial charge in [0, 0.05) is 29.2 Å². The van der Waals surface area contributed by atoms with E-state index >= 15 is 0 Å². The lowest BCUT2D eigenvalue weighted by molar-refractivity contribution is -0.115. The summed E-state index contributed by atoms with van der Waals surface area (Å²) in [5.41, 5.74) is 3.45. The first-order valence-corrected chi connectivity index (χ1v) is 9.10. The molecule has 0 atom stereocenters. The molecular formula is C22H26N2O3. The van der Waals surface area contributed by atoms with Crippen LogP contribution in [0.2, 0.25) is 0 Å². The van der Waals surface area contributed by atoms with Crippen LogP contribution in [0.4, 0.5) is 0 Å². The molecule has 0 saturated heterocycles. The van der Waals surface area contributed by atoms with Gasteiger partial charge in [-0.25, -0.2) is 0 Å². The average Bonchev–Trinajstić information content (AvgIpc) is 3.12. The van der Waals surface area contributed by atoms with Crippen LogP contribution in [0.25, 0.3) is 10.9 Å². The number of amides is 2. The van der Waals surface area contributed by atoms with Gasteiger partial charge in [-0.1, -0.05) is 32.0 Å². The summed E-state index contributed by atoms with van der Waals surface area (Å²) in [5, 5.41) is 1.04. The molecule has 0 spiro atoms. The van der Waals surface area contributed by atoms with E-state index in [-0.39, 0.29) is 5.91 Å². The Balaban J connectivity index is 0.00000126. The van der Waals surface area contributed by atoms with Gasteiger partial charge >= 0.3 is 0 Å². The molecule has 2 amide bonds. The molecule has 3 rings (SSSR count). The van der Waals surface area contributed by atoms with Gasteiger partial charge in [-0.15, -0.1) is 0 Å². The first kappa shape index (κ1) is 20.2. The van der Waals surface area contributed by atoms with Crippen LogP contribution in [-0.4, -0.2) is 35.9 Å². The number of hydrogen-bond acceptors (Lipinski definition) is 3. The van der Waals surface area contributed by atoms with Gasteiger partial charge in [0.05, 0.1) is 7.11 Å². The van der Waals surface area contributed by atoms with Crippen LogP contribution in [0.15, 0.2) is 48.7 Å². The predicted octanol–water partition coefficient (Wildman–Crippen LogP) is 4.35. The van der Waals surface area contributed by atoms with Gasteiger partial charge in [0.2, 0.25) is 6.41 Å². The molecule has 0 unspecified atom stereocenters. The molecule has 1 heterocycles. The first-order valence-electron chi connectivity index (χ1n) is 9.10. The van der Waals surface area contributed by atoms with Crippen LogP contribution in [-0.2, 0) is 11.2 Å². The van der Waals surface area contributed by atoms with Crippen molar-refractivity contribution in [3.63, 3.8) is 0 Å². The number of rotatable bonds is 6. The first-order chi connectivity index (χ1) is 13.1. The van der Waals surface area contributed by atoms with Crippen molar-refractivity contribution in [1.82, 2.24) is 9.88 Å². The molecule has 5 nitrogen and oxygen atoms in total. The second-order valence-electron chi connectivity index (χ2n) is 5.89. The Morgan fingerprint density at radius 2 is 1.93 bits per heavy atom. The Kier molecular flexibility index (Phi) is 7.17. The number of carbonyl (C=O) groups is 2. The predicted molar refractivity (Wildman–Crippen MR) is 108 cm³/mol. The number of benzene rings is 2. The fraction of sp³-hybridized carbons (Fsp3) is 0.273. The number of methoxy groups -OCH3 is 1. The number of aromatic nitrogens is 1. The monoisotopic (exact) mass is 366 g/mol. The van der Waals surface area contributed by atoms with Gasteiger partial charge in [0.1, 0.15) is 5.75 Å². The van der Waals surface area contributed by atoms with Crippen molar-refractivity contribution in [2.24, 2.45) is 0 Å². The molecule has 0 aliphatic heterocycles. The van der Waals surface area contributed by atoms with Crippen molar-refractivity contribution >= 4 is 23.2 Å². The van der Waals surface area contributed by atoms with Gasteiger partial charge in [0.25, 0.3) is 5.91 Å². The zero-order chi connectivity index (χ0) is 19.8. The minimum Gasteiger partial charge on any atom is -0.497 e. The number of aromatic amines is 1. The molecule has 27 heavy (non-hydrogen) atoms. The van der Waals surface area contributed by atoms with Gasteiger partial charge < -0.3 is 9.72 Å². The van der Waals surface area contributed by atoms with Gasteiger partial charge in [-0.2, -0.15) is 0 Å². The molecule has 5 heteroatoms. The van der Waals surface area contributed by atoms with E-state index in [4.69, 9.17) is 4.74 Å². The number of carbonyl (C=O) groups excluding carboxylic acids is 2. The van der Waals surface area contributed by atoms with Crippen molar-refractivity contribution < 1.29 is 14.3 Å². The van der Waals surface area contributed by atoms with Crippen LogP contribution in [0.3, 0.4) is 0 Å². The highest BCUT2D eigenvalue weighted by atomic mass is 16.5. The van der Waals surface area contributed by atoms with Crippen LogP contribution >= 0.6 is 0 Å². The summed E-state index contributed by atoms with van der Waals surface area (Å²) in [7, 11) is 1.63. The van der Waals surface area contributed by atoms with Crippen LogP contribution in [0.1, 0.15) is 35.3 Å². The van der Waals surface area contributed by atoms with Crippen LogP contribution < -0.4 is 4.74 Å². The summed E-state index contributed by atoms with van der Waals surface area (Å²) in [5.74, 6) is 0.502. The molecule has 2 aromatic carbocycles. The lowest BCUT2D eigenvalue weighted by Crippen LogP contribution is -2.32. The molecular weight excluding hydrogens is 340 g/mol. The smallest absolute Gasteiger partial charge is 0.260 e. The quantitative estimate of drug-likeness (QED) is 0.660. The zero-order valence-corrected chi connectivity index (χ0v) is 16.3. The average molecular weight is 366 g/mol. The topological polar surface area (TPSA) is 62.4 Å². The van der Waals surface area contributed by atoms with Gasteiger partial charge in [-0.05, 0) is 48.7 Å². The summed E-state index contributed by atoms with van der Waals surface area (Å²) < 4.78 is 5.27. The fourth-order valence-electron chi connectivity index (χ4n) is 2.90. The van der Waals surface area contributed by atoms with Gasteiger partial charge in [0.15, 0.2) is 0 Å². The van der Waals surface area contributed by atoms with Crippen molar-refractivity contribution in [2.45, 2.75) is 27.2 Å². The highest BCUT2D eigenvalue weighted by molar-refractivity contribution is 6.01. The van der Waals surface area contributed by atoms with Crippen molar-refractivity contribution in [3.05, 3.63) is 65.4 Å². The highest BCUT2D eigenvalue weighted by Gasteiger charge is 2.17. The molecule has 3 aromatic rings. The fourth-order valence-corrected chi connectivity index (χ4v) is 2.90. The molecule has 0 aliphatic rings. The number of nitrogens with zero attached hydrogens (tertiary/aromatic N) is 1. The molecule has 0 fully saturated rings. The molecule has 1 aromatic heterocycles. The maximum absolute atomic E-state index is 12.6. The second kappa shape index (κ2) is 9.57.